The van der Waals surface area contributed by atoms with Crippen LogP contribution in [-0.2, 0) is 6.54 Å². The molecule has 0 aliphatic carbocycles. The first-order valence-corrected chi connectivity index (χ1v) is 3.80. The van der Waals surface area contributed by atoms with Gasteiger partial charge in [0, 0.05) is 12.1 Å². The monoisotopic (exact) mass is 170 g/mol. The highest BCUT2D eigenvalue weighted by Gasteiger charge is 1.97. The molecule has 1 rings (SSSR count). The van der Waals surface area contributed by atoms with E-state index in [4.69, 9.17) is 12.2 Å². The predicted molar refractivity (Wildman–Crippen MR) is 48.2 cm³/mol. The molecule has 0 N–H and O–H groups in total. The summed E-state index contributed by atoms with van der Waals surface area (Å²) in [7, 11) is 0. The second kappa shape index (κ2) is 3.68. The average molecular weight is 170 g/mol. The van der Waals surface area contributed by atoms with Crippen molar-refractivity contribution in [2.45, 2.75) is 6.54 Å². The smallest absolute Gasteiger partial charge is 0.189 e. The lowest BCUT2D eigenvalue weighted by Gasteiger charge is -1.90. The Bertz CT molecular complexity index is 220. The van der Waals surface area contributed by atoms with Gasteiger partial charge in [-0.1, -0.05) is 18.3 Å². The van der Waals surface area contributed by atoms with Gasteiger partial charge in [-0.25, -0.2) is 0 Å². The zero-order chi connectivity index (χ0) is 7.40. The van der Waals surface area contributed by atoms with E-state index in [9.17, 15) is 0 Å². The first-order chi connectivity index (χ1) is 4.79. The molecule has 0 amide bonds. The van der Waals surface area contributed by atoms with Crippen LogP contribution in [0.2, 0.25) is 0 Å². The number of rotatable bonds is 2. The Kier molecular flexibility index (Phi) is 2.83. The van der Waals surface area contributed by atoms with E-state index in [1.807, 2.05) is 35.2 Å². The average Bonchev–Trinajstić information content (AvgIpc) is 1.88. The Balaban J connectivity index is 2.67. The van der Waals surface area contributed by atoms with Crippen molar-refractivity contribution in [1.29, 1.82) is 0 Å². The number of thiocarbonyl (C=S) groups is 1. The van der Waals surface area contributed by atoms with Gasteiger partial charge < -0.3 is 0 Å². The van der Waals surface area contributed by atoms with E-state index >= 15 is 0 Å². The highest BCUT2D eigenvalue weighted by atomic mass is 32.1. The standard InChI is InChI=1S/C7H7NS2/c9-7(10)6-8-4-2-1-3-5-8/h1-5H,6H2/p+1. The lowest BCUT2D eigenvalue weighted by molar-refractivity contribution is -0.681. The molecule has 52 valence electrons. The third-order valence-corrected chi connectivity index (χ3v) is 1.37. The van der Waals surface area contributed by atoms with Gasteiger partial charge in [0.2, 0.25) is 0 Å². The third-order valence-electron chi connectivity index (χ3n) is 1.10. The normalized spacial score (nSPS) is 9.30. The van der Waals surface area contributed by atoms with Gasteiger partial charge in [-0.3, -0.25) is 0 Å². The highest BCUT2D eigenvalue weighted by Crippen LogP contribution is 1.83. The van der Waals surface area contributed by atoms with Crippen molar-refractivity contribution >= 4 is 29.0 Å². The molecule has 1 aromatic rings. The minimum Gasteiger partial charge on any atom is -0.199 e. The maximum absolute atomic E-state index is 4.82. The van der Waals surface area contributed by atoms with E-state index < -0.39 is 0 Å². The van der Waals surface area contributed by atoms with E-state index in [0.29, 0.717) is 10.7 Å². The van der Waals surface area contributed by atoms with Gasteiger partial charge in [0.15, 0.2) is 18.9 Å². The molecule has 1 heterocycles. The zero-order valence-electron chi connectivity index (χ0n) is 5.40. The molecule has 0 saturated heterocycles. The Morgan fingerprint density at radius 1 is 1.30 bits per heavy atom. The van der Waals surface area contributed by atoms with Crippen LogP contribution in [0, 0.1) is 0 Å². The summed E-state index contributed by atoms with van der Waals surface area (Å²) in [6.07, 6.45) is 3.92. The van der Waals surface area contributed by atoms with E-state index in [0.717, 1.165) is 0 Å². The summed E-state index contributed by atoms with van der Waals surface area (Å²) in [6, 6.07) is 5.90. The number of pyridine rings is 1. The summed E-state index contributed by atoms with van der Waals surface area (Å²) in [5.41, 5.74) is 0. The van der Waals surface area contributed by atoms with Crippen LogP contribution >= 0.6 is 24.8 Å². The predicted octanol–water partition coefficient (Wildman–Crippen LogP) is 1.23. The summed E-state index contributed by atoms with van der Waals surface area (Å²) < 4.78 is 2.69. The SMILES string of the molecule is S=C(S)C[n+]1ccccc1. The Morgan fingerprint density at radius 2 is 1.90 bits per heavy atom. The van der Waals surface area contributed by atoms with Crippen molar-refractivity contribution in [2.24, 2.45) is 0 Å². The van der Waals surface area contributed by atoms with Crippen molar-refractivity contribution in [3.8, 4) is 0 Å². The van der Waals surface area contributed by atoms with Crippen LogP contribution in [-0.4, -0.2) is 4.20 Å². The van der Waals surface area contributed by atoms with Crippen molar-refractivity contribution in [2.75, 3.05) is 0 Å². The van der Waals surface area contributed by atoms with Gasteiger partial charge in [-0.15, -0.1) is 12.6 Å². The van der Waals surface area contributed by atoms with Crippen molar-refractivity contribution in [3.63, 3.8) is 0 Å². The van der Waals surface area contributed by atoms with Crippen LogP contribution in [0.3, 0.4) is 0 Å². The Morgan fingerprint density at radius 3 is 2.40 bits per heavy atom. The van der Waals surface area contributed by atoms with Crippen LogP contribution in [0.25, 0.3) is 0 Å². The quantitative estimate of drug-likeness (QED) is 0.397. The van der Waals surface area contributed by atoms with Gasteiger partial charge in [-0.2, -0.15) is 4.57 Å². The number of hydrogen-bond donors (Lipinski definition) is 1. The third kappa shape index (κ3) is 2.45. The first kappa shape index (κ1) is 7.69. The van der Waals surface area contributed by atoms with E-state index in [1.165, 1.54) is 0 Å². The Labute approximate surface area is 71.1 Å². The minimum atomic E-state index is 0.705. The maximum Gasteiger partial charge on any atom is 0.189 e. The summed E-state index contributed by atoms with van der Waals surface area (Å²) in [6.45, 7) is 0.708. The van der Waals surface area contributed by atoms with Crippen LogP contribution in [0.15, 0.2) is 30.6 Å². The largest absolute Gasteiger partial charge is 0.199 e. The van der Waals surface area contributed by atoms with E-state index in [1.54, 1.807) is 0 Å². The first-order valence-electron chi connectivity index (χ1n) is 2.95. The number of aromatic nitrogens is 1. The molecule has 10 heavy (non-hydrogen) atoms. The molecule has 0 aromatic carbocycles. The van der Waals surface area contributed by atoms with Gasteiger partial charge in [0.1, 0.15) is 4.20 Å². The molecule has 0 unspecified atom stereocenters. The molecule has 0 radical (unpaired) electrons. The minimum absolute atomic E-state index is 0.705. The van der Waals surface area contributed by atoms with Crippen molar-refractivity contribution in [3.05, 3.63) is 30.6 Å². The van der Waals surface area contributed by atoms with Crippen LogP contribution < -0.4 is 4.57 Å². The second-order valence-corrected chi connectivity index (χ2v) is 3.28. The van der Waals surface area contributed by atoms with Gasteiger partial charge >= 0.3 is 0 Å². The second-order valence-electron chi connectivity index (χ2n) is 1.94. The fourth-order valence-electron chi connectivity index (χ4n) is 0.696. The van der Waals surface area contributed by atoms with Gasteiger partial charge in [0.25, 0.3) is 0 Å². The molecule has 0 saturated carbocycles. The fraction of sp³-hybridized carbons (Fsp3) is 0.143. The summed E-state index contributed by atoms with van der Waals surface area (Å²) in [5.74, 6) is 0. The van der Waals surface area contributed by atoms with Crippen LogP contribution in [0.1, 0.15) is 0 Å². The molecule has 0 fully saturated rings. The van der Waals surface area contributed by atoms with Gasteiger partial charge in [0.05, 0.1) is 0 Å². The number of hydrogen-bond acceptors (Lipinski definition) is 1. The lowest BCUT2D eigenvalue weighted by atomic mass is 10.5. The van der Waals surface area contributed by atoms with Crippen molar-refractivity contribution < 1.29 is 4.57 Å². The highest BCUT2D eigenvalue weighted by molar-refractivity contribution is 8.11. The molecule has 3 heteroatoms. The molecule has 1 nitrogen and oxygen atoms in total. The fourth-order valence-corrected chi connectivity index (χ4v) is 1.01. The van der Waals surface area contributed by atoms with E-state index in [-0.39, 0.29) is 0 Å². The summed E-state index contributed by atoms with van der Waals surface area (Å²) in [4.78, 5) is 0. The lowest BCUT2D eigenvalue weighted by Crippen LogP contribution is -2.34. The molecule has 0 bridgehead atoms. The molecule has 0 aliphatic heterocycles. The molecule has 0 atom stereocenters. The summed E-state index contributed by atoms with van der Waals surface area (Å²) >= 11 is 8.84. The van der Waals surface area contributed by atoms with Crippen LogP contribution in [0.4, 0.5) is 0 Å². The number of nitrogens with zero attached hydrogens (tertiary/aromatic N) is 1. The molecular weight excluding hydrogens is 162 g/mol. The molecule has 0 aliphatic rings. The molecular formula is C7H8NS2+. The topological polar surface area (TPSA) is 3.88 Å². The van der Waals surface area contributed by atoms with E-state index in [2.05, 4.69) is 12.6 Å². The molecule has 0 spiro atoms. The maximum atomic E-state index is 4.82. The van der Waals surface area contributed by atoms with Crippen molar-refractivity contribution in [1.82, 2.24) is 0 Å². The summed E-state index contributed by atoms with van der Waals surface area (Å²) in [5, 5.41) is 0. The van der Waals surface area contributed by atoms with Crippen LogP contribution in [0.5, 0.6) is 0 Å². The number of thiol groups is 1. The Hall–Kier alpha value is -0.410. The molecule has 1 aromatic heterocycles. The van der Waals surface area contributed by atoms with Gasteiger partial charge in [-0.05, 0) is 0 Å². The zero-order valence-corrected chi connectivity index (χ0v) is 7.11.